The summed E-state index contributed by atoms with van der Waals surface area (Å²) in [6.45, 7) is 0. The molecule has 0 amide bonds. The maximum absolute atomic E-state index is 9.86. The van der Waals surface area contributed by atoms with E-state index in [-0.39, 0.29) is 0 Å². The van der Waals surface area contributed by atoms with Crippen molar-refractivity contribution in [2.45, 2.75) is 5.25 Å². The second-order valence-corrected chi connectivity index (χ2v) is 2.45. The highest BCUT2D eigenvalue weighted by atomic mass is 32.2. The van der Waals surface area contributed by atoms with Crippen LogP contribution in [0.25, 0.3) is 0 Å². The van der Waals surface area contributed by atoms with Crippen molar-refractivity contribution in [1.29, 1.82) is 0 Å². The van der Waals surface area contributed by atoms with Crippen LogP contribution in [0.5, 0.6) is 0 Å². The van der Waals surface area contributed by atoms with E-state index in [0.29, 0.717) is 0 Å². The van der Waals surface area contributed by atoms with Gasteiger partial charge in [-0.3, -0.25) is 9.59 Å². The summed E-state index contributed by atoms with van der Waals surface area (Å²) in [7, 11) is -3.44. The maximum Gasteiger partial charge on any atom is 0.333 e. The minimum atomic E-state index is -3.44. The number of hydrogen-bond acceptors (Lipinski definition) is 4. The Morgan fingerprint density at radius 3 is 1.40 bits per heavy atom. The van der Waals surface area contributed by atoms with E-state index in [2.05, 4.69) is 0 Å². The van der Waals surface area contributed by atoms with Gasteiger partial charge in [0.25, 0.3) is 5.25 Å². The standard InChI is InChI=1S/C3H4O6S/c4-2(5)1(3(6)7)10(8)9/h1,10H,(H,4,5)(H,6,7). The Bertz CT molecular complexity index is 205. The fraction of sp³-hybridized carbons (Fsp3) is 0.333. The first-order valence-corrected chi connectivity index (χ1v) is 3.30. The van der Waals surface area contributed by atoms with Gasteiger partial charge in [-0.15, -0.1) is 0 Å². The molecule has 7 heteroatoms. The van der Waals surface area contributed by atoms with Crippen molar-refractivity contribution in [3.05, 3.63) is 0 Å². The first kappa shape index (κ1) is 8.89. The largest absolute Gasteiger partial charge is 0.480 e. The number of thiol groups is 1. The minimum absolute atomic E-state index is 1.87. The number of carboxylic acid groups (broad SMARTS) is 2. The first-order valence-electron chi connectivity index (χ1n) is 2.06. The van der Waals surface area contributed by atoms with Crippen molar-refractivity contribution < 1.29 is 28.2 Å². The number of hydrogen-bond donors (Lipinski definition) is 3. The van der Waals surface area contributed by atoms with E-state index in [1.54, 1.807) is 0 Å². The van der Waals surface area contributed by atoms with Gasteiger partial charge in [0.2, 0.25) is 0 Å². The van der Waals surface area contributed by atoms with Crippen molar-refractivity contribution in [2.75, 3.05) is 0 Å². The maximum atomic E-state index is 9.86. The fourth-order valence-electron chi connectivity index (χ4n) is 0.286. The summed E-state index contributed by atoms with van der Waals surface area (Å²) < 4.78 is 19.7. The van der Waals surface area contributed by atoms with Crippen LogP contribution in [0, 0.1) is 0 Å². The van der Waals surface area contributed by atoms with Gasteiger partial charge in [0.05, 0.1) is 0 Å². The average molecular weight is 168 g/mol. The van der Waals surface area contributed by atoms with Crippen molar-refractivity contribution in [2.24, 2.45) is 0 Å². The van der Waals surface area contributed by atoms with Crippen LogP contribution in [0.15, 0.2) is 0 Å². The van der Waals surface area contributed by atoms with Crippen molar-refractivity contribution >= 4 is 22.6 Å². The third-order valence-electron chi connectivity index (χ3n) is 0.679. The molecule has 0 fully saturated rings. The summed E-state index contributed by atoms with van der Waals surface area (Å²) in [5.41, 5.74) is 0. The van der Waals surface area contributed by atoms with Crippen LogP contribution in [-0.2, 0) is 20.3 Å². The Balaban J connectivity index is 4.59. The zero-order valence-electron chi connectivity index (χ0n) is 4.55. The highest BCUT2D eigenvalue weighted by molar-refractivity contribution is 7.75. The van der Waals surface area contributed by atoms with E-state index in [9.17, 15) is 18.0 Å². The molecule has 0 atom stereocenters. The number of aliphatic carboxylic acids is 2. The lowest BCUT2D eigenvalue weighted by Gasteiger charge is -1.94. The van der Waals surface area contributed by atoms with Crippen LogP contribution >= 0.6 is 0 Å². The van der Waals surface area contributed by atoms with Crippen LogP contribution in [0.1, 0.15) is 0 Å². The molecular formula is C3H4O6S. The topological polar surface area (TPSA) is 109 Å². The van der Waals surface area contributed by atoms with Crippen LogP contribution in [0.2, 0.25) is 0 Å². The molecule has 0 aromatic carbocycles. The lowest BCUT2D eigenvalue weighted by atomic mass is 10.4. The third-order valence-corrected chi connectivity index (χ3v) is 1.54. The van der Waals surface area contributed by atoms with Gasteiger partial charge in [-0.2, -0.15) is 0 Å². The summed E-state index contributed by atoms with van der Waals surface area (Å²) in [5, 5.41) is 13.6. The number of rotatable bonds is 3. The molecule has 0 radical (unpaired) electrons. The average Bonchev–Trinajstić information content (AvgIpc) is 1.59. The fourth-order valence-corrected chi connectivity index (χ4v) is 0.647. The van der Waals surface area contributed by atoms with E-state index in [1.807, 2.05) is 0 Å². The molecule has 0 bridgehead atoms. The third kappa shape index (κ3) is 2.02. The Morgan fingerprint density at radius 2 is 1.40 bits per heavy atom. The van der Waals surface area contributed by atoms with Gasteiger partial charge in [-0.1, -0.05) is 0 Å². The van der Waals surface area contributed by atoms with Gasteiger partial charge in [-0.25, -0.2) is 8.42 Å². The van der Waals surface area contributed by atoms with Crippen LogP contribution in [-0.4, -0.2) is 35.8 Å². The van der Waals surface area contributed by atoms with E-state index in [4.69, 9.17) is 10.2 Å². The monoisotopic (exact) mass is 168 g/mol. The van der Waals surface area contributed by atoms with Crippen LogP contribution < -0.4 is 0 Å². The molecular weight excluding hydrogens is 164 g/mol. The molecule has 0 saturated heterocycles. The molecule has 0 aliphatic carbocycles. The number of carboxylic acids is 2. The zero-order chi connectivity index (χ0) is 8.31. The van der Waals surface area contributed by atoms with Gasteiger partial charge in [-0.05, 0) is 0 Å². The molecule has 0 spiro atoms. The van der Waals surface area contributed by atoms with Crippen molar-refractivity contribution in [3.63, 3.8) is 0 Å². The zero-order valence-corrected chi connectivity index (χ0v) is 5.45. The molecule has 0 aromatic heterocycles. The second kappa shape index (κ2) is 3.16. The summed E-state index contributed by atoms with van der Waals surface area (Å²) >= 11 is 0. The van der Waals surface area contributed by atoms with E-state index in [0.717, 1.165) is 0 Å². The molecule has 0 rings (SSSR count). The normalized spacial score (nSPS) is 10.2. The smallest absolute Gasteiger partial charge is 0.333 e. The summed E-state index contributed by atoms with van der Waals surface area (Å²) in [5.74, 6) is -3.74. The molecule has 0 aliphatic heterocycles. The predicted octanol–water partition coefficient (Wildman–Crippen LogP) is -1.86. The van der Waals surface area contributed by atoms with E-state index >= 15 is 0 Å². The second-order valence-electron chi connectivity index (χ2n) is 1.36. The Kier molecular flexibility index (Phi) is 2.81. The quantitative estimate of drug-likeness (QED) is 0.336. The molecule has 0 aromatic rings. The van der Waals surface area contributed by atoms with Crippen LogP contribution in [0.3, 0.4) is 0 Å². The Labute approximate surface area is 57.0 Å². The minimum Gasteiger partial charge on any atom is -0.480 e. The predicted molar refractivity (Wildman–Crippen MR) is 29.4 cm³/mol. The molecule has 58 valence electrons. The molecule has 0 heterocycles. The lowest BCUT2D eigenvalue weighted by molar-refractivity contribution is -0.146. The molecule has 0 aliphatic rings. The van der Waals surface area contributed by atoms with Gasteiger partial charge in [0, 0.05) is 0 Å². The molecule has 2 N–H and O–H groups in total. The van der Waals surface area contributed by atoms with Gasteiger partial charge >= 0.3 is 11.9 Å². The van der Waals surface area contributed by atoms with E-state index in [1.165, 1.54) is 0 Å². The van der Waals surface area contributed by atoms with Crippen molar-refractivity contribution in [3.8, 4) is 0 Å². The molecule has 0 saturated carbocycles. The first-order chi connectivity index (χ1) is 4.46. The Morgan fingerprint density at radius 1 is 1.10 bits per heavy atom. The van der Waals surface area contributed by atoms with Gasteiger partial charge in [0.15, 0.2) is 10.7 Å². The SMILES string of the molecule is O=C(O)C(C(=O)O)[SH](=O)=O. The van der Waals surface area contributed by atoms with E-state index < -0.39 is 27.9 Å². The molecule has 10 heavy (non-hydrogen) atoms. The summed E-state index contributed by atoms with van der Waals surface area (Å²) in [6.07, 6.45) is 0. The highest BCUT2D eigenvalue weighted by Gasteiger charge is 2.28. The number of carbonyl (C=O) groups is 2. The lowest BCUT2D eigenvalue weighted by Crippen LogP contribution is -2.30. The van der Waals surface area contributed by atoms with Gasteiger partial charge < -0.3 is 10.2 Å². The summed E-state index contributed by atoms with van der Waals surface area (Å²) in [4.78, 5) is 19.6. The highest BCUT2D eigenvalue weighted by Crippen LogP contribution is 1.88. The molecule has 0 unspecified atom stereocenters. The van der Waals surface area contributed by atoms with Gasteiger partial charge in [0.1, 0.15) is 0 Å². The van der Waals surface area contributed by atoms with Crippen LogP contribution in [0.4, 0.5) is 0 Å². The summed E-state index contributed by atoms with van der Waals surface area (Å²) in [6, 6.07) is 0. The molecule has 6 nitrogen and oxygen atoms in total. The Hall–Kier alpha value is -1.11. The van der Waals surface area contributed by atoms with Crippen molar-refractivity contribution in [1.82, 2.24) is 0 Å².